The lowest BCUT2D eigenvalue weighted by Crippen LogP contribution is -2.42. The van der Waals surface area contributed by atoms with E-state index < -0.39 is 5.97 Å². The van der Waals surface area contributed by atoms with Crippen molar-refractivity contribution in [2.75, 3.05) is 26.2 Å². The van der Waals surface area contributed by atoms with E-state index in [4.69, 9.17) is 0 Å². The molecule has 1 saturated heterocycles. The molecular formula is C14H16N2O2S. The smallest absolute Gasteiger partial charge is 0.337 e. The van der Waals surface area contributed by atoms with E-state index in [1.165, 1.54) is 4.88 Å². The van der Waals surface area contributed by atoms with Gasteiger partial charge in [-0.25, -0.2) is 4.79 Å². The molecule has 100 valence electrons. The van der Waals surface area contributed by atoms with Crippen molar-refractivity contribution in [3.63, 3.8) is 0 Å². The fourth-order valence-corrected chi connectivity index (χ4v) is 3.66. The second-order valence-electron chi connectivity index (χ2n) is 4.77. The SMILES string of the molecule is O=C(O)c1cccc2cc(CN3CCNCC3)sc12. The van der Waals surface area contributed by atoms with Crippen molar-refractivity contribution in [1.29, 1.82) is 0 Å². The van der Waals surface area contributed by atoms with Gasteiger partial charge < -0.3 is 10.4 Å². The first kappa shape index (κ1) is 12.6. The molecule has 0 saturated carbocycles. The predicted octanol–water partition coefficient (Wildman–Crippen LogP) is 2.00. The summed E-state index contributed by atoms with van der Waals surface area (Å²) in [6.45, 7) is 5.09. The lowest BCUT2D eigenvalue weighted by molar-refractivity contribution is 0.0699. The van der Waals surface area contributed by atoms with Gasteiger partial charge >= 0.3 is 5.97 Å². The first-order chi connectivity index (χ1) is 9.24. The van der Waals surface area contributed by atoms with Gasteiger partial charge in [0.05, 0.1) is 5.56 Å². The van der Waals surface area contributed by atoms with Gasteiger partial charge in [0, 0.05) is 42.3 Å². The van der Waals surface area contributed by atoms with Crippen LogP contribution in [-0.2, 0) is 6.54 Å². The van der Waals surface area contributed by atoms with E-state index in [0.717, 1.165) is 42.8 Å². The van der Waals surface area contributed by atoms with Crippen LogP contribution in [0.4, 0.5) is 0 Å². The topological polar surface area (TPSA) is 52.6 Å². The molecule has 0 radical (unpaired) electrons. The monoisotopic (exact) mass is 276 g/mol. The van der Waals surface area contributed by atoms with Crippen molar-refractivity contribution in [3.05, 3.63) is 34.7 Å². The highest BCUT2D eigenvalue weighted by molar-refractivity contribution is 7.19. The van der Waals surface area contributed by atoms with Gasteiger partial charge in [0.15, 0.2) is 0 Å². The summed E-state index contributed by atoms with van der Waals surface area (Å²) >= 11 is 1.60. The largest absolute Gasteiger partial charge is 0.478 e. The summed E-state index contributed by atoms with van der Waals surface area (Å²) in [5.74, 6) is -0.846. The molecule has 1 aliphatic heterocycles. The highest BCUT2D eigenvalue weighted by atomic mass is 32.1. The van der Waals surface area contributed by atoms with Crippen LogP contribution in [0.15, 0.2) is 24.3 Å². The molecule has 0 unspecified atom stereocenters. The molecule has 0 bridgehead atoms. The second kappa shape index (κ2) is 5.28. The second-order valence-corrected chi connectivity index (χ2v) is 5.90. The molecule has 2 heterocycles. The molecule has 1 fully saturated rings. The summed E-state index contributed by atoms with van der Waals surface area (Å²) in [6.07, 6.45) is 0. The van der Waals surface area contributed by atoms with Crippen LogP contribution in [-0.4, -0.2) is 42.2 Å². The number of rotatable bonds is 3. The Morgan fingerprint density at radius 2 is 2.16 bits per heavy atom. The van der Waals surface area contributed by atoms with Crippen LogP contribution >= 0.6 is 11.3 Å². The average Bonchev–Trinajstić information content (AvgIpc) is 2.81. The molecule has 2 N–H and O–H groups in total. The Bertz CT molecular complexity index is 603. The van der Waals surface area contributed by atoms with Crippen LogP contribution in [0, 0.1) is 0 Å². The molecule has 19 heavy (non-hydrogen) atoms. The zero-order valence-corrected chi connectivity index (χ0v) is 11.4. The summed E-state index contributed by atoms with van der Waals surface area (Å²) in [7, 11) is 0. The Kier molecular flexibility index (Phi) is 3.50. The molecule has 0 amide bonds. The number of carboxylic acids is 1. The summed E-state index contributed by atoms with van der Waals surface area (Å²) in [5.41, 5.74) is 0.411. The van der Waals surface area contributed by atoms with E-state index in [9.17, 15) is 9.90 Å². The zero-order chi connectivity index (χ0) is 13.2. The van der Waals surface area contributed by atoms with Crippen molar-refractivity contribution >= 4 is 27.4 Å². The first-order valence-corrected chi connectivity index (χ1v) is 7.23. The maximum absolute atomic E-state index is 11.2. The number of carbonyl (C=O) groups is 1. The zero-order valence-electron chi connectivity index (χ0n) is 10.6. The van der Waals surface area contributed by atoms with Crippen molar-refractivity contribution in [1.82, 2.24) is 10.2 Å². The maximum atomic E-state index is 11.2. The maximum Gasteiger partial charge on any atom is 0.337 e. The van der Waals surface area contributed by atoms with E-state index in [-0.39, 0.29) is 0 Å². The van der Waals surface area contributed by atoms with E-state index in [2.05, 4.69) is 16.3 Å². The van der Waals surface area contributed by atoms with E-state index in [1.54, 1.807) is 17.4 Å². The molecule has 1 aliphatic rings. The minimum Gasteiger partial charge on any atom is -0.478 e. The molecule has 0 atom stereocenters. The molecule has 4 nitrogen and oxygen atoms in total. The molecule has 1 aromatic carbocycles. The van der Waals surface area contributed by atoms with Crippen molar-refractivity contribution in [2.24, 2.45) is 0 Å². The minimum atomic E-state index is -0.846. The van der Waals surface area contributed by atoms with Crippen molar-refractivity contribution < 1.29 is 9.90 Å². The number of hydrogen-bond donors (Lipinski definition) is 2. The quantitative estimate of drug-likeness (QED) is 0.900. The Hall–Kier alpha value is -1.43. The summed E-state index contributed by atoms with van der Waals surface area (Å²) in [6, 6.07) is 7.59. The number of piperazine rings is 1. The number of nitrogens with one attached hydrogen (secondary N) is 1. The standard InChI is InChI=1S/C14H16N2O2S/c17-14(18)12-3-1-2-10-8-11(19-13(10)12)9-16-6-4-15-5-7-16/h1-3,8,15H,4-7,9H2,(H,17,18). The fraction of sp³-hybridized carbons (Fsp3) is 0.357. The van der Waals surface area contributed by atoms with Gasteiger partial charge in [-0.05, 0) is 17.5 Å². The highest BCUT2D eigenvalue weighted by Crippen LogP contribution is 2.29. The Labute approximate surface area is 115 Å². The van der Waals surface area contributed by atoms with Crippen LogP contribution in [0.5, 0.6) is 0 Å². The third-order valence-electron chi connectivity index (χ3n) is 3.41. The van der Waals surface area contributed by atoms with E-state index >= 15 is 0 Å². The van der Waals surface area contributed by atoms with Gasteiger partial charge in [0.25, 0.3) is 0 Å². The van der Waals surface area contributed by atoms with Crippen LogP contribution in [0.3, 0.4) is 0 Å². The average molecular weight is 276 g/mol. The van der Waals surface area contributed by atoms with Crippen LogP contribution in [0.2, 0.25) is 0 Å². The van der Waals surface area contributed by atoms with Gasteiger partial charge in [-0.3, -0.25) is 4.90 Å². The molecule has 2 aromatic rings. The summed E-state index contributed by atoms with van der Waals surface area (Å²) < 4.78 is 0.889. The molecule has 0 spiro atoms. The molecule has 0 aliphatic carbocycles. The first-order valence-electron chi connectivity index (χ1n) is 6.42. The number of nitrogens with zero attached hydrogens (tertiary/aromatic N) is 1. The number of benzene rings is 1. The molecular weight excluding hydrogens is 260 g/mol. The van der Waals surface area contributed by atoms with E-state index in [1.807, 2.05) is 12.1 Å². The van der Waals surface area contributed by atoms with Gasteiger partial charge in [-0.15, -0.1) is 11.3 Å². The van der Waals surface area contributed by atoms with Gasteiger partial charge in [0.2, 0.25) is 0 Å². The molecule has 5 heteroatoms. The van der Waals surface area contributed by atoms with Crippen LogP contribution in [0.1, 0.15) is 15.2 Å². The Balaban J connectivity index is 1.88. The Morgan fingerprint density at radius 3 is 2.89 bits per heavy atom. The minimum absolute atomic E-state index is 0.411. The lowest BCUT2D eigenvalue weighted by atomic mass is 10.1. The van der Waals surface area contributed by atoms with E-state index in [0.29, 0.717) is 5.56 Å². The molecule has 3 rings (SSSR count). The third-order valence-corrected chi connectivity index (χ3v) is 4.58. The van der Waals surface area contributed by atoms with Crippen LogP contribution in [0.25, 0.3) is 10.1 Å². The molecule has 1 aromatic heterocycles. The van der Waals surface area contributed by atoms with Gasteiger partial charge in [-0.1, -0.05) is 12.1 Å². The van der Waals surface area contributed by atoms with Crippen molar-refractivity contribution in [2.45, 2.75) is 6.54 Å². The number of hydrogen-bond acceptors (Lipinski definition) is 4. The van der Waals surface area contributed by atoms with Gasteiger partial charge in [0.1, 0.15) is 0 Å². The number of aromatic carboxylic acids is 1. The number of thiophene rings is 1. The fourth-order valence-electron chi connectivity index (χ4n) is 2.45. The van der Waals surface area contributed by atoms with Gasteiger partial charge in [-0.2, -0.15) is 0 Å². The lowest BCUT2D eigenvalue weighted by Gasteiger charge is -2.26. The number of carboxylic acid groups (broad SMARTS) is 1. The van der Waals surface area contributed by atoms with Crippen LogP contribution < -0.4 is 5.32 Å². The summed E-state index contributed by atoms with van der Waals surface area (Å²) in [5, 5.41) is 13.6. The highest BCUT2D eigenvalue weighted by Gasteiger charge is 2.14. The number of fused-ring (bicyclic) bond motifs is 1. The predicted molar refractivity (Wildman–Crippen MR) is 76.9 cm³/mol. The summed E-state index contributed by atoms with van der Waals surface area (Å²) in [4.78, 5) is 14.8. The normalized spacial score (nSPS) is 16.8. The van der Waals surface area contributed by atoms with Crippen molar-refractivity contribution in [3.8, 4) is 0 Å². The Morgan fingerprint density at radius 1 is 1.37 bits per heavy atom. The third kappa shape index (κ3) is 2.63.